The predicted molar refractivity (Wildman–Crippen MR) is 67.0 cm³/mol. The number of furan rings is 1. The second kappa shape index (κ2) is 4.42. The maximum atomic E-state index is 11.0. The van der Waals surface area contributed by atoms with Crippen molar-refractivity contribution in [2.45, 2.75) is 26.6 Å². The molecule has 1 aromatic carbocycles. The molecule has 2 aromatic rings. The number of hydrogen-bond donors (Lipinski definition) is 0. The second-order valence-corrected chi connectivity index (χ2v) is 4.62. The summed E-state index contributed by atoms with van der Waals surface area (Å²) in [6, 6.07) is 9.98. The predicted octanol–water partition coefficient (Wildman–Crippen LogP) is 3.11. The Kier molecular flexibility index (Phi) is 2.76. The number of fused-ring (bicyclic) bond motifs is 1. The first-order valence-corrected chi connectivity index (χ1v) is 6.00. The van der Waals surface area contributed by atoms with Gasteiger partial charge in [0.1, 0.15) is 17.3 Å². The van der Waals surface area contributed by atoms with Crippen molar-refractivity contribution in [2.75, 3.05) is 0 Å². The highest BCUT2D eigenvalue weighted by Crippen LogP contribution is 2.28. The molecule has 0 saturated heterocycles. The molecule has 18 heavy (non-hydrogen) atoms. The summed E-state index contributed by atoms with van der Waals surface area (Å²) in [4.78, 5) is 11.0. The van der Waals surface area contributed by atoms with Crippen molar-refractivity contribution in [3.8, 4) is 11.3 Å². The van der Waals surface area contributed by atoms with Crippen LogP contribution in [-0.4, -0.2) is 5.78 Å². The smallest absolute Gasteiger partial charge is 0.137 e. The van der Waals surface area contributed by atoms with E-state index in [0.717, 1.165) is 11.3 Å². The van der Waals surface area contributed by atoms with Gasteiger partial charge in [-0.25, -0.2) is 0 Å². The fourth-order valence-electron chi connectivity index (χ4n) is 2.20. The Morgan fingerprint density at radius 1 is 1.17 bits per heavy atom. The van der Waals surface area contributed by atoms with Crippen molar-refractivity contribution in [1.82, 2.24) is 0 Å². The Morgan fingerprint density at radius 3 is 2.83 bits per heavy atom. The van der Waals surface area contributed by atoms with Crippen molar-refractivity contribution >= 4 is 5.78 Å². The summed E-state index contributed by atoms with van der Waals surface area (Å²) in [5.74, 6) is 1.63. The summed E-state index contributed by atoms with van der Waals surface area (Å²) in [5, 5.41) is 0. The molecule has 3 nitrogen and oxygen atoms in total. The molecular weight excluding hydrogens is 228 g/mol. The van der Waals surface area contributed by atoms with Crippen LogP contribution in [0.5, 0.6) is 0 Å². The van der Waals surface area contributed by atoms with Crippen LogP contribution < -0.4 is 0 Å². The molecule has 0 radical (unpaired) electrons. The van der Waals surface area contributed by atoms with Crippen LogP contribution in [0.2, 0.25) is 0 Å². The maximum absolute atomic E-state index is 11.0. The molecule has 1 aliphatic heterocycles. The summed E-state index contributed by atoms with van der Waals surface area (Å²) in [6.45, 7) is 2.93. The lowest BCUT2D eigenvalue weighted by molar-refractivity contribution is -0.116. The van der Waals surface area contributed by atoms with Crippen molar-refractivity contribution < 1.29 is 13.9 Å². The zero-order valence-corrected chi connectivity index (χ0v) is 10.2. The van der Waals surface area contributed by atoms with Gasteiger partial charge in [0, 0.05) is 5.56 Å². The molecular formula is C15H14O3. The third kappa shape index (κ3) is 2.09. The van der Waals surface area contributed by atoms with Crippen molar-refractivity contribution in [2.24, 2.45) is 0 Å². The third-order valence-corrected chi connectivity index (χ3v) is 3.09. The number of ketones is 1. The van der Waals surface area contributed by atoms with Gasteiger partial charge < -0.3 is 9.15 Å². The highest BCUT2D eigenvalue weighted by Gasteiger charge is 2.13. The van der Waals surface area contributed by atoms with Gasteiger partial charge in [0.2, 0.25) is 0 Å². The van der Waals surface area contributed by atoms with Gasteiger partial charge in [-0.3, -0.25) is 4.79 Å². The highest BCUT2D eigenvalue weighted by molar-refractivity contribution is 5.77. The molecule has 0 spiro atoms. The summed E-state index contributed by atoms with van der Waals surface area (Å²) < 4.78 is 11.1. The van der Waals surface area contributed by atoms with Crippen LogP contribution in [0, 0.1) is 0 Å². The van der Waals surface area contributed by atoms with E-state index in [1.165, 1.54) is 11.1 Å². The van der Waals surface area contributed by atoms with Gasteiger partial charge in [0.05, 0.1) is 19.6 Å². The minimum atomic E-state index is 0.109. The van der Waals surface area contributed by atoms with Crippen LogP contribution >= 0.6 is 0 Å². The molecule has 3 heteroatoms. The number of benzene rings is 1. The molecule has 0 bridgehead atoms. The van der Waals surface area contributed by atoms with Crippen LogP contribution in [0.25, 0.3) is 11.3 Å². The van der Waals surface area contributed by atoms with Crippen molar-refractivity contribution in [1.29, 1.82) is 0 Å². The second-order valence-electron chi connectivity index (χ2n) is 4.62. The summed E-state index contributed by atoms with van der Waals surface area (Å²) in [7, 11) is 0. The fraction of sp³-hybridized carbons (Fsp3) is 0.267. The first kappa shape index (κ1) is 11.2. The molecule has 0 atom stereocenters. The van der Waals surface area contributed by atoms with E-state index in [-0.39, 0.29) is 5.78 Å². The number of rotatable bonds is 3. The Balaban J connectivity index is 1.90. The lowest BCUT2D eigenvalue weighted by Crippen LogP contribution is -1.93. The topological polar surface area (TPSA) is 39.4 Å². The van der Waals surface area contributed by atoms with E-state index in [1.54, 1.807) is 6.92 Å². The monoisotopic (exact) mass is 242 g/mol. The molecule has 1 aliphatic rings. The summed E-state index contributed by atoms with van der Waals surface area (Å²) in [6.07, 6.45) is 0.355. The first-order chi connectivity index (χ1) is 8.72. The van der Waals surface area contributed by atoms with Crippen LogP contribution in [0.1, 0.15) is 23.8 Å². The van der Waals surface area contributed by atoms with E-state index < -0.39 is 0 Å². The molecule has 0 unspecified atom stereocenters. The summed E-state index contributed by atoms with van der Waals surface area (Å²) >= 11 is 0. The Labute approximate surface area is 105 Å². The zero-order chi connectivity index (χ0) is 12.5. The van der Waals surface area contributed by atoms with E-state index in [0.29, 0.717) is 25.4 Å². The van der Waals surface area contributed by atoms with Crippen molar-refractivity contribution in [3.63, 3.8) is 0 Å². The van der Waals surface area contributed by atoms with Gasteiger partial charge in [-0.2, -0.15) is 0 Å². The van der Waals surface area contributed by atoms with Gasteiger partial charge in [0.15, 0.2) is 0 Å². The average molecular weight is 242 g/mol. The lowest BCUT2D eigenvalue weighted by atomic mass is 10.1. The zero-order valence-electron chi connectivity index (χ0n) is 10.2. The van der Waals surface area contributed by atoms with Crippen LogP contribution in [0.4, 0.5) is 0 Å². The average Bonchev–Trinajstić information content (AvgIpc) is 2.95. The largest absolute Gasteiger partial charge is 0.461 e. The van der Waals surface area contributed by atoms with E-state index in [4.69, 9.17) is 9.15 Å². The standard InChI is InChI=1S/C15H14O3/c1-10(16)6-14-4-5-15(18-14)11-2-3-12-8-17-9-13(12)7-11/h2-5,7H,6,8-9H2,1H3. The Bertz CT molecular complexity index is 596. The van der Waals surface area contributed by atoms with Gasteiger partial charge in [-0.05, 0) is 36.2 Å². The lowest BCUT2D eigenvalue weighted by Gasteiger charge is -2.01. The maximum Gasteiger partial charge on any atom is 0.137 e. The third-order valence-electron chi connectivity index (χ3n) is 3.09. The first-order valence-electron chi connectivity index (χ1n) is 6.00. The van der Waals surface area contributed by atoms with E-state index >= 15 is 0 Å². The molecule has 0 fully saturated rings. The van der Waals surface area contributed by atoms with Gasteiger partial charge in [0.25, 0.3) is 0 Å². The number of carbonyl (C=O) groups is 1. The molecule has 0 N–H and O–H groups in total. The normalized spacial score (nSPS) is 13.6. The molecule has 0 amide bonds. The molecule has 1 aromatic heterocycles. The quantitative estimate of drug-likeness (QED) is 0.830. The van der Waals surface area contributed by atoms with E-state index in [1.807, 2.05) is 18.2 Å². The van der Waals surface area contributed by atoms with E-state index in [2.05, 4.69) is 12.1 Å². The minimum Gasteiger partial charge on any atom is -0.461 e. The van der Waals surface area contributed by atoms with Crippen LogP contribution in [0.15, 0.2) is 34.7 Å². The molecule has 92 valence electrons. The molecule has 0 aliphatic carbocycles. The summed E-state index contributed by atoms with van der Waals surface area (Å²) in [5.41, 5.74) is 3.50. The number of carbonyl (C=O) groups excluding carboxylic acids is 1. The van der Waals surface area contributed by atoms with Gasteiger partial charge in [-0.1, -0.05) is 12.1 Å². The molecule has 2 heterocycles. The van der Waals surface area contributed by atoms with Gasteiger partial charge in [-0.15, -0.1) is 0 Å². The van der Waals surface area contributed by atoms with Crippen LogP contribution in [0.3, 0.4) is 0 Å². The number of ether oxygens (including phenoxy) is 1. The number of hydrogen-bond acceptors (Lipinski definition) is 3. The van der Waals surface area contributed by atoms with E-state index in [9.17, 15) is 4.79 Å². The van der Waals surface area contributed by atoms with Crippen molar-refractivity contribution in [3.05, 3.63) is 47.2 Å². The fourth-order valence-corrected chi connectivity index (χ4v) is 2.20. The number of Topliss-reactive ketones (excluding diaryl/α,β-unsaturated/α-hetero) is 1. The Morgan fingerprint density at radius 2 is 2.00 bits per heavy atom. The minimum absolute atomic E-state index is 0.109. The van der Waals surface area contributed by atoms with Crippen LogP contribution in [-0.2, 0) is 29.2 Å². The highest BCUT2D eigenvalue weighted by atomic mass is 16.5. The molecule has 3 rings (SSSR count). The van der Waals surface area contributed by atoms with Gasteiger partial charge >= 0.3 is 0 Å². The SMILES string of the molecule is CC(=O)Cc1ccc(-c2ccc3c(c2)COC3)o1. The molecule has 0 saturated carbocycles. The Hall–Kier alpha value is -1.87.